The number of Topliss-reactive ketones (excluding diaryl/α,β-unsaturated/α-hetero) is 1. The van der Waals surface area contributed by atoms with Crippen LogP contribution in [-0.2, 0) is 4.79 Å². The van der Waals surface area contributed by atoms with Crippen molar-refractivity contribution in [2.45, 2.75) is 26.2 Å². The zero-order chi connectivity index (χ0) is 6.85. The van der Waals surface area contributed by atoms with Crippen molar-refractivity contribution >= 4 is 5.78 Å². The molecule has 0 bridgehead atoms. The van der Waals surface area contributed by atoms with E-state index in [1.807, 2.05) is 6.92 Å². The molecule has 9 heavy (non-hydrogen) atoms. The van der Waals surface area contributed by atoms with Crippen molar-refractivity contribution in [1.82, 2.24) is 0 Å². The Morgan fingerprint density at radius 2 is 2.11 bits per heavy atom. The fourth-order valence-electron chi connectivity index (χ4n) is 1.02. The minimum absolute atomic E-state index is 0.124. The van der Waals surface area contributed by atoms with E-state index in [-0.39, 0.29) is 5.78 Å². The first kappa shape index (κ1) is 6.33. The summed E-state index contributed by atoms with van der Waals surface area (Å²) >= 11 is 0. The standard InChI is InChI=1S/C7H11NO/c1-5-3-2-4-6(9)7(5)8/h2-4,8H2,1H3. The van der Waals surface area contributed by atoms with Crippen LogP contribution in [0, 0.1) is 0 Å². The Kier molecular flexibility index (Phi) is 1.56. The van der Waals surface area contributed by atoms with Crippen LogP contribution in [0.5, 0.6) is 0 Å². The Balaban J connectivity index is 2.84. The smallest absolute Gasteiger partial charge is 0.178 e. The second kappa shape index (κ2) is 2.21. The van der Waals surface area contributed by atoms with Gasteiger partial charge in [0, 0.05) is 6.42 Å². The maximum Gasteiger partial charge on any atom is 0.178 e. The van der Waals surface area contributed by atoms with Gasteiger partial charge in [-0.2, -0.15) is 0 Å². The van der Waals surface area contributed by atoms with Crippen molar-refractivity contribution in [2.24, 2.45) is 5.73 Å². The topological polar surface area (TPSA) is 43.1 Å². The second-order valence-corrected chi connectivity index (χ2v) is 2.47. The molecule has 0 saturated heterocycles. The van der Waals surface area contributed by atoms with Gasteiger partial charge in [-0.25, -0.2) is 0 Å². The van der Waals surface area contributed by atoms with Gasteiger partial charge in [-0.05, 0) is 25.3 Å². The third-order valence-corrected chi connectivity index (χ3v) is 1.72. The molecule has 50 valence electrons. The van der Waals surface area contributed by atoms with Crippen LogP contribution in [0.3, 0.4) is 0 Å². The number of rotatable bonds is 0. The lowest BCUT2D eigenvalue weighted by Gasteiger charge is -2.11. The maximum atomic E-state index is 10.8. The van der Waals surface area contributed by atoms with Gasteiger partial charge in [-0.3, -0.25) is 4.79 Å². The number of nitrogens with two attached hydrogens (primary N) is 1. The van der Waals surface area contributed by atoms with Gasteiger partial charge < -0.3 is 5.73 Å². The fourth-order valence-corrected chi connectivity index (χ4v) is 1.02. The van der Waals surface area contributed by atoms with Gasteiger partial charge in [0.15, 0.2) is 5.78 Å². The summed E-state index contributed by atoms with van der Waals surface area (Å²) in [5, 5.41) is 0. The molecule has 2 N–H and O–H groups in total. The zero-order valence-electron chi connectivity index (χ0n) is 5.61. The summed E-state index contributed by atoms with van der Waals surface area (Å²) in [5.74, 6) is 0.124. The zero-order valence-corrected chi connectivity index (χ0v) is 5.61. The molecule has 0 aromatic rings. The van der Waals surface area contributed by atoms with Crippen LogP contribution in [0.1, 0.15) is 26.2 Å². The second-order valence-electron chi connectivity index (χ2n) is 2.47. The van der Waals surface area contributed by atoms with Crippen molar-refractivity contribution in [3.63, 3.8) is 0 Å². The Labute approximate surface area is 54.7 Å². The van der Waals surface area contributed by atoms with Gasteiger partial charge in [0.2, 0.25) is 0 Å². The van der Waals surface area contributed by atoms with Crippen molar-refractivity contribution in [3.8, 4) is 0 Å². The predicted molar refractivity (Wildman–Crippen MR) is 35.7 cm³/mol. The number of hydrogen-bond acceptors (Lipinski definition) is 2. The van der Waals surface area contributed by atoms with Crippen LogP contribution < -0.4 is 5.73 Å². The maximum absolute atomic E-state index is 10.8. The highest BCUT2D eigenvalue weighted by atomic mass is 16.1. The minimum atomic E-state index is 0.124. The fraction of sp³-hybridized carbons (Fsp3) is 0.571. The molecule has 0 heterocycles. The van der Waals surface area contributed by atoms with Gasteiger partial charge in [0.25, 0.3) is 0 Å². The van der Waals surface area contributed by atoms with E-state index in [0.29, 0.717) is 12.1 Å². The van der Waals surface area contributed by atoms with Crippen molar-refractivity contribution in [2.75, 3.05) is 0 Å². The van der Waals surface area contributed by atoms with E-state index in [1.54, 1.807) is 0 Å². The highest BCUT2D eigenvalue weighted by molar-refractivity contribution is 5.95. The van der Waals surface area contributed by atoms with Crippen molar-refractivity contribution < 1.29 is 4.79 Å². The van der Waals surface area contributed by atoms with Crippen LogP contribution in [0.25, 0.3) is 0 Å². The first-order valence-corrected chi connectivity index (χ1v) is 3.20. The lowest BCUT2D eigenvalue weighted by atomic mass is 9.97. The van der Waals surface area contributed by atoms with Crippen LogP contribution in [0.2, 0.25) is 0 Å². The molecule has 1 aliphatic rings. The van der Waals surface area contributed by atoms with Gasteiger partial charge in [-0.15, -0.1) is 0 Å². The third kappa shape index (κ3) is 1.12. The highest BCUT2D eigenvalue weighted by Gasteiger charge is 2.13. The number of hydrogen-bond donors (Lipinski definition) is 1. The lowest BCUT2D eigenvalue weighted by Crippen LogP contribution is -2.17. The van der Waals surface area contributed by atoms with E-state index in [4.69, 9.17) is 5.73 Å². The van der Waals surface area contributed by atoms with Gasteiger partial charge in [0.1, 0.15) is 0 Å². The number of allylic oxidation sites excluding steroid dienone is 2. The Morgan fingerprint density at radius 1 is 1.44 bits per heavy atom. The van der Waals surface area contributed by atoms with Crippen LogP contribution >= 0.6 is 0 Å². The van der Waals surface area contributed by atoms with Crippen LogP contribution in [-0.4, -0.2) is 5.78 Å². The van der Waals surface area contributed by atoms with Crippen molar-refractivity contribution in [3.05, 3.63) is 11.3 Å². The summed E-state index contributed by atoms with van der Waals surface area (Å²) in [6.45, 7) is 1.92. The number of ketones is 1. The Bertz CT molecular complexity index is 170. The third-order valence-electron chi connectivity index (χ3n) is 1.72. The first-order valence-electron chi connectivity index (χ1n) is 3.20. The molecule has 1 rings (SSSR count). The van der Waals surface area contributed by atoms with E-state index in [9.17, 15) is 4.79 Å². The Hall–Kier alpha value is -0.790. The largest absolute Gasteiger partial charge is 0.396 e. The molecule has 0 aliphatic heterocycles. The molecule has 0 aromatic carbocycles. The lowest BCUT2D eigenvalue weighted by molar-refractivity contribution is -0.116. The normalized spacial score (nSPS) is 20.8. The molecule has 0 radical (unpaired) electrons. The minimum Gasteiger partial charge on any atom is -0.396 e. The molecule has 0 atom stereocenters. The van der Waals surface area contributed by atoms with E-state index in [0.717, 1.165) is 18.4 Å². The monoisotopic (exact) mass is 125 g/mol. The van der Waals surface area contributed by atoms with E-state index in [1.165, 1.54) is 0 Å². The highest BCUT2D eigenvalue weighted by Crippen LogP contribution is 2.17. The van der Waals surface area contributed by atoms with Crippen molar-refractivity contribution in [1.29, 1.82) is 0 Å². The van der Waals surface area contributed by atoms with Gasteiger partial charge in [0.05, 0.1) is 5.70 Å². The Morgan fingerprint density at radius 3 is 2.56 bits per heavy atom. The SMILES string of the molecule is CC1=C(N)C(=O)CCC1. The molecule has 0 aromatic heterocycles. The molecule has 2 heteroatoms. The molecular weight excluding hydrogens is 114 g/mol. The average molecular weight is 125 g/mol. The molecule has 0 saturated carbocycles. The summed E-state index contributed by atoms with van der Waals surface area (Å²) in [6, 6.07) is 0. The van der Waals surface area contributed by atoms with Gasteiger partial charge in [-0.1, -0.05) is 0 Å². The molecule has 0 amide bonds. The quantitative estimate of drug-likeness (QED) is 0.524. The molecule has 0 fully saturated rings. The molecular formula is C7H11NO. The van der Waals surface area contributed by atoms with E-state index in [2.05, 4.69) is 0 Å². The molecule has 1 aliphatic carbocycles. The summed E-state index contributed by atoms with van der Waals surface area (Å²) in [6.07, 6.45) is 2.62. The van der Waals surface area contributed by atoms with Gasteiger partial charge >= 0.3 is 0 Å². The van der Waals surface area contributed by atoms with Crippen LogP contribution in [0.15, 0.2) is 11.3 Å². The molecule has 0 spiro atoms. The summed E-state index contributed by atoms with van der Waals surface area (Å²) in [4.78, 5) is 10.8. The van der Waals surface area contributed by atoms with Crippen LogP contribution in [0.4, 0.5) is 0 Å². The van der Waals surface area contributed by atoms with E-state index >= 15 is 0 Å². The summed E-state index contributed by atoms with van der Waals surface area (Å²) in [7, 11) is 0. The number of carbonyl (C=O) groups excluding carboxylic acids is 1. The predicted octanol–water partition coefficient (Wildman–Crippen LogP) is 0.972. The van der Waals surface area contributed by atoms with E-state index < -0.39 is 0 Å². The summed E-state index contributed by atoms with van der Waals surface area (Å²) < 4.78 is 0. The average Bonchev–Trinajstić information content (AvgIpc) is 1.83. The first-order chi connectivity index (χ1) is 4.22. The molecule has 2 nitrogen and oxygen atoms in total. The number of carbonyl (C=O) groups is 1. The molecule has 0 unspecified atom stereocenters. The summed E-state index contributed by atoms with van der Waals surface area (Å²) in [5.41, 5.74) is 7.01.